The molecule has 9 heteroatoms. The van der Waals surface area contributed by atoms with Crippen LogP contribution in [0.4, 0.5) is 11.4 Å². The summed E-state index contributed by atoms with van der Waals surface area (Å²) in [7, 11) is 0. The van der Waals surface area contributed by atoms with Gasteiger partial charge in [-0.25, -0.2) is 9.59 Å². The van der Waals surface area contributed by atoms with Gasteiger partial charge in [-0.3, -0.25) is 0 Å². The molecule has 0 amide bonds. The standard InChI is InChI=1S/C15H9Cl4NO4/c16-7-3-1-5-9(11(7)18)20(13(14(21)22)15(23)24)10-6-2-4-8(17)12(10)19/h1-6,13H,(H,21,22)(H,23,24). The van der Waals surface area contributed by atoms with E-state index < -0.39 is 18.0 Å². The van der Waals surface area contributed by atoms with Crippen molar-refractivity contribution < 1.29 is 19.8 Å². The Labute approximate surface area is 156 Å². The zero-order valence-electron chi connectivity index (χ0n) is 11.7. The first kappa shape index (κ1) is 18.7. The maximum atomic E-state index is 11.5. The van der Waals surface area contributed by atoms with Gasteiger partial charge in [0.2, 0.25) is 6.04 Å². The van der Waals surface area contributed by atoms with E-state index in [9.17, 15) is 19.8 Å². The number of benzene rings is 2. The lowest BCUT2D eigenvalue weighted by atomic mass is 10.1. The van der Waals surface area contributed by atoms with E-state index in [0.29, 0.717) is 0 Å². The molecule has 0 aromatic heterocycles. The van der Waals surface area contributed by atoms with Crippen LogP contribution in [0.3, 0.4) is 0 Å². The van der Waals surface area contributed by atoms with Crippen LogP contribution in [0.1, 0.15) is 0 Å². The molecular weight excluding hydrogens is 400 g/mol. The summed E-state index contributed by atoms with van der Waals surface area (Å²) in [5, 5.41) is 19.0. The molecule has 2 aromatic rings. The van der Waals surface area contributed by atoms with Crippen LogP contribution in [0.2, 0.25) is 20.1 Å². The number of carboxylic acids is 2. The highest BCUT2D eigenvalue weighted by molar-refractivity contribution is 6.45. The van der Waals surface area contributed by atoms with Gasteiger partial charge in [0.1, 0.15) is 0 Å². The van der Waals surface area contributed by atoms with Crippen molar-refractivity contribution in [3.8, 4) is 0 Å². The average Bonchev–Trinajstić information content (AvgIpc) is 2.50. The molecular formula is C15H9Cl4NO4. The van der Waals surface area contributed by atoms with Crippen LogP contribution < -0.4 is 4.90 Å². The summed E-state index contributed by atoms with van der Waals surface area (Å²) < 4.78 is 0. The highest BCUT2D eigenvalue weighted by atomic mass is 35.5. The van der Waals surface area contributed by atoms with Gasteiger partial charge < -0.3 is 15.1 Å². The molecule has 0 atom stereocenters. The Bertz CT molecular complexity index is 747. The third-order valence-electron chi connectivity index (χ3n) is 3.11. The Kier molecular flexibility index (Phi) is 5.83. The van der Waals surface area contributed by atoms with Gasteiger partial charge in [0.15, 0.2) is 0 Å². The number of hydrogen-bond acceptors (Lipinski definition) is 3. The molecule has 24 heavy (non-hydrogen) atoms. The minimum atomic E-state index is -1.99. The molecule has 0 fully saturated rings. The van der Waals surface area contributed by atoms with Gasteiger partial charge in [-0.2, -0.15) is 0 Å². The van der Waals surface area contributed by atoms with Crippen LogP contribution in [0.25, 0.3) is 0 Å². The Balaban J connectivity index is 2.79. The molecule has 5 nitrogen and oxygen atoms in total. The predicted octanol–water partition coefficient (Wildman–Crippen LogP) is 4.98. The van der Waals surface area contributed by atoms with E-state index in [4.69, 9.17) is 46.4 Å². The normalized spacial score (nSPS) is 10.7. The molecule has 2 N–H and O–H groups in total. The van der Waals surface area contributed by atoms with Gasteiger partial charge in [-0.1, -0.05) is 58.5 Å². The van der Waals surface area contributed by atoms with Crippen molar-refractivity contribution in [2.24, 2.45) is 0 Å². The molecule has 0 aliphatic rings. The van der Waals surface area contributed by atoms with Crippen LogP contribution in [0.5, 0.6) is 0 Å². The Morgan fingerprint density at radius 1 is 0.792 bits per heavy atom. The van der Waals surface area contributed by atoms with Gasteiger partial charge in [0.05, 0.1) is 31.5 Å². The molecule has 0 bridgehead atoms. The summed E-state index contributed by atoms with van der Waals surface area (Å²) >= 11 is 24.2. The van der Waals surface area contributed by atoms with E-state index in [1.165, 1.54) is 36.4 Å². The van der Waals surface area contributed by atoms with Crippen molar-refractivity contribution in [2.75, 3.05) is 4.90 Å². The molecule has 2 aromatic carbocycles. The third-order valence-corrected chi connectivity index (χ3v) is 4.73. The van der Waals surface area contributed by atoms with Crippen LogP contribution in [0.15, 0.2) is 36.4 Å². The molecule has 0 aliphatic heterocycles. The van der Waals surface area contributed by atoms with Crippen LogP contribution in [-0.2, 0) is 9.59 Å². The highest BCUT2D eigenvalue weighted by Crippen LogP contribution is 2.42. The summed E-state index contributed by atoms with van der Waals surface area (Å²) in [5.41, 5.74) is 0.145. The fourth-order valence-corrected chi connectivity index (χ4v) is 2.86. The van der Waals surface area contributed by atoms with Crippen LogP contribution >= 0.6 is 46.4 Å². The monoisotopic (exact) mass is 407 g/mol. The summed E-state index contributed by atoms with van der Waals surface area (Å²) in [5.74, 6) is -3.20. The summed E-state index contributed by atoms with van der Waals surface area (Å²) in [4.78, 5) is 24.1. The zero-order valence-corrected chi connectivity index (χ0v) is 14.7. The van der Waals surface area contributed by atoms with Gasteiger partial charge in [0.25, 0.3) is 0 Å². The average molecular weight is 409 g/mol. The van der Waals surface area contributed by atoms with Gasteiger partial charge in [-0.15, -0.1) is 0 Å². The van der Waals surface area contributed by atoms with Gasteiger partial charge >= 0.3 is 11.9 Å². The Morgan fingerprint density at radius 2 is 1.17 bits per heavy atom. The Morgan fingerprint density at radius 3 is 1.50 bits per heavy atom. The number of anilines is 2. The summed E-state index contributed by atoms with van der Waals surface area (Å²) in [6.45, 7) is 0. The fraction of sp³-hybridized carbons (Fsp3) is 0.0667. The minimum Gasteiger partial charge on any atom is -0.479 e. The summed E-state index contributed by atoms with van der Waals surface area (Å²) in [6.07, 6.45) is 0. The van der Waals surface area contributed by atoms with Gasteiger partial charge in [-0.05, 0) is 24.3 Å². The number of aliphatic carboxylic acids is 2. The lowest BCUT2D eigenvalue weighted by Gasteiger charge is -2.30. The first-order valence-corrected chi connectivity index (χ1v) is 7.89. The fourth-order valence-electron chi connectivity index (χ4n) is 2.09. The largest absolute Gasteiger partial charge is 0.479 e. The Hall–Kier alpha value is -1.66. The van der Waals surface area contributed by atoms with Crippen molar-refractivity contribution >= 4 is 69.7 Å². The number of halogens is 4. The third kappa shape index (κ3) is 3.54. The van der Waals surface area contributed by atoms with Gasteiger partial charge in [0, 0.05) is 0 Å². The molecule has 2 rings (SSSR count). The number of rotatable bonds is 5. The molecule has 0 unspecified atom stereocenters. The molecule has 0 aliphatic carbocycles. The van der Waals surface area contributed by atoms with Crippen molar-refractivity contribution in [2.45, 2.75) is 6.04 Å². The smallest absolute Gasteiger partial charge is 0.338 e. The molecule has 0 spiro atoms. The lowest BCUT2D eigenvalue weighted by molar-refractivity contribution is -0.149. The maximum absolute atomic E-state index is 11.5. The van der Waals surface area contributed by atoms with E-state index in [2.05, 4.69) is 0 Å². The molecule has 126 valence electrons. The van der Waals surface area contributed by atoms with Crippen molar-refractivity contribution in [1.82, 2.24) is 0 Å². The maximum Gasteiger partial charge on any atom is 0.338 e. The number of carboxylic acid groups (broad SMARTS) is 2. The van der Waals surface area contributed by atoms with Crippen molar-refractivity contribution in [3.63, 3.8) is 0 Å². The van der Waals surface area contributed by atoms with Crippen LogP contribution in [-0.4, -0.2) is 28.2 Å². The van der Waals surface area contributed by atoms with E-state index >= 15 is 0 Å². The molecule has 0 radical (unpaired) electrons. The van der Waals surface area contributed by atoms with E-state index in [1.54, 1.807) is 0 Å². The second-order valence-electron chi connectivity index (χ2n) is 4.59. The minimum absolute atomic E-state index is 0.0114. The zero-order chi connectivity index (χ0) is 18.0. The molecule has 0 saturated heterocycles. The second-order valence-corrected chi connectivity index (χ2v) is 6.17. The molecule has 0 saturated carbocycles. The lowest BCUT2D eigenvalue weighted by Crippen LogP contribution is -2.44. The quantitative estimate of drug-likeness (QED) is 0.682. The second kappa shape index (κ2) is 7.49. The SMILES string of the molecule is O=C(O)C(C(=O)O)N(c1cccc(Cl)c1Cl)c1cccc(Cl)c1Cl. The molecule has 0 heterocycles. The first-order valence-electron chi connectivity index (χ1n) is 6.38. The number of hydrogen-bond donors (Lipinski definition) is 2. The van der Waals surface area contributed by atoms with Crippen molar-refractivity contribution in [1.29, 1.82) is 0 Å². The van der Waals surface area contributed by atoms with Crippen LogP contribution in [0, 0.1) is 0 Å². The van der Waals surface area contributed by atoms with E-state index in [0.717, 1.165) is 4.90 Å². The number of nitrogens with zero attached hydrogens (tertiary/aromatic N) is 1. The van der Waals surface area contributed by atoms with E-state index in [-0.39, 0.29) is 31.5 Å². The number of carbonyl (C=O) groups is 2. The first-order chi connectivity index (χ1) is 11.3. The van der Waals surface area contributed by atoms with Crippen molar-refractivity contribution in [3.05, 3.63) is 56.5 Å². The summed E-state index contributed by atoms with van der Waals surface area (Å²) in [6, 6.07) is 6.88. The topological polar surface area (TPSA) is 77.8 Å². The van der Waals surface area contributed by atoms with E-state index in [1.807, 2.05) is 0 Å². The highest BCUT2D eigenvalue weighted by Gasteiger charge is 2.36. The predicted molar refractivity (Wildman–Crippen MR) is 94.1 cm³/mol.